The van der Waals surface area contributed by atoms with E-state index in [2.05, 4.69) is 46.8 Å². The molecule has 0 saturated heterocycles. The molecule has 0 rings (SSSR count). The number of amides is 1. The Hall–Kier alpha value is -0.790. The van der Waals surface area contributed by atoms with Gasteiger partial charge < -0.3 is 4.90 Å². The highest BCUT2D eigenvalue weighted by Gasteiger charge is 2.18. The SMILES string of the molecule is CCCCCCCCC=CCCCCCCCC(=O)N(C(C)C)C(C)C. The number of hydrogen-bond donors (Lipinski definition) is 0. The van der Waals surface area contributed by atoms with Crippen LogP contribution in [-0.2, 0) is 4.79 Å². The molecule has 1 amide bonds. The van der Waals surface area contributed by atoms with Gasteiger partial charge in [0.05, 0.1) is 0 Å². The highest BCUT2D eigenvalue weighted by molar-refractivity contribution is 5.76. The van der Waals surface area contributed by atoms with Gasteiger partial charge in [0.15, 0.2) is 0 Å². The van der Waals surface area contributed by atoms with Crippen LogP contribution in [0.25, 0.3) is 0 Å². The van der Waals surface area contributed by atoms with Gasteiger partial charge in [0.1, 0.15) is 0 Å². The highest BCUT2D eigenvalue weighted by atomic mass is 16.2. The number of carbonyl (C=O) groups is 1. The van der Waals surface area contributed by atoms with E-state index >= 15 is 0 Å². The first-order chi connectivity index (χ1) is 12.5. The van der Waals surface area contributed by atoms with E-state index in [9.17, 15) is 4.79 Å². The number of rotatable bonds is 17. The summed E-state index contributed by atoms with van der Waals surface area (Å²) in [4.78, 5) is 14.3. The maximum absolute atomic E-state index is 12.3. The molecule has 2 heteroatoms. The van der Waals surface area contributed by atoms with Crippen molar-refractivity contribution in [2.24, 2.45) is 0 Å². The summed E-state index contributed by atoms with van der Waals surface area (Å²) in [6, 6.07) is 0.622. The van der Waals surface area contributed by atoms with Crippen molar-refractivity contribution in [3.63, 3.8) is 0 Å². The van der Waals surface area contributed by atoms with E-state index in [1.165, 1.54) is 77.0 Å². The van der Waals surface area contributed by atoms with Crippen LogP contribution in [0.1, 0.15) is 125 Å². The molecule has 0 heterocycles. The average molecular weight is 366 g/mol. The van der Waals surface area contributed by atoms with Gasteiger partial charge in [-0.15, -0.1) is 0 Å². The Kier molecular flexibility index (Phi) is 17.1. The Morgan fingerprint density at radius 2 is 1.12 bits per heavy atom. The summed E-state index contributed by atoms with van der Waals surface area (Å²) in [5.74, 6) is 0.327. The van der Waals surface area contributed by atoms with Gasteiger partial charge in [0, 0.05) is 18.5 Å². The average Bonchev–Trinajstić information content (AvgIpc) is 2.57. The Labute approximate surface area is 164 Å². The van der Waals surface area contributed by atoms with Crippen LogP contribution in [-0.4, -0.2) is 22.9 Å². The second-order valence-electron chi connectivity index (χ2n) is 8.32. The summed E-state index contributed by atoms with van der Waals surface area (Å²) in [5, 5.41) is 0. The lowest BCUT2D eigenvalue weighted by Gasteiger charge is -2.30. The van der Waals surface area contributed by atoms with Crippen molar-refractivity contribution >= 4 is 5.91 Å². The van der Waals surface area contributed by atoms with Crippen molar-refractivity contribution in [2.75, 3.05) is 0 Å². The third kappa shape index (κ3) is 14.4. The second kappa shape index (κ2) is 17.6. The summed E-state index contributed by atoms with van der Waals surface area (Å²) < 4.78 is 0. The fraction of sp³-hybridized carbons (Fsp3) is 0.875. The summed E-state index contributed by atoms with van der Waals surface area (Å²) >= 11 is 0. The van der Waals surface area contributed by atoms with Crippen LogP contribution in [0.4, 0.5) is 0 Å². The monoisotopic (exact) mass is 365 g/mol. The smallest absolute Gasteiger partial charge is 0.223 e. The van der Waals surface area contributed by atoms with Crippen LogP contribution < -0.4 is 0 Å². The molecular weight excluding hydrogens is 318 g/mol. The zero-order valence-electron chi connectivity index (χ0n) is 18.6. The molecule has 0 unspecified atom stereocenters. The van der Waals surface area contributed by atoms with E-state index in [1.54, 1.807) is 0 Å². The predicted molar refractivity (Wildman–Crippen MR) is 117 cm³/mol. The molecule has 0 aromatic rings. The summed E-state index contributed by atoms with van der Waals surface area (Å²) in [6.45, 7) is 10.7. The maximum Gasteiger partial charge on any atom is 0.223 e. The fourth-order valence-electron chi connectivity index (χ4n) is 3.65. The van der Waals surface area contributed by atoms with E-state index in [0.717, 1.165) is 6.42 Å². The largest absolute Gasteiger partial charge is 0.338 e. The maximum atomic E-state index is 12.3. The van der Waals surface area contributed by atoms with Gasteiger partial charge in [-0.05, 0) is 59.8 Å². The quantitative estimate of drug-likeness (QED) is 0.191. The lowest BCUT2D eigenvalue weighted by molar-refractivity contribution is -0.134. The number of unbranched alkanes of at least 4 members (excludes halogenated alkanes) is 11. The zero-order valence-corrected chi connectivity index (χ0v) is 18.6. The molecule has 154 valence electrons. The van der Waals surface area contributed by atoms with E-state index in [-0.39, 0.29) is 0 Å². The Morgan fingerprint density at radius 1 is 0.692 bits per heavy atom. The van der Waals surface area contributed by atoms with E-state index in [0.29, 0.717) is 24.4 Å². The molecule has 0 fully saturated rings. The molecule has 0 aliphatic heterocycles. The lowest BCUT2D eigenvalue weighted by atomic mass is 10.1. The number of nitrogens with zero attached hydrogens (tertiary/aromatic N) is 1. The van der Waals surface area contributed by atoms with Crippen molar-refractivity contribution < 1.29 is 4.79 Å². The molecular formula is C24H47NO. The normalized spacial score (nSPS) is 11.8. The first-order valence-electron chi connectivity index (χ1n) is 11.5. The van der Waals surface area contributed by atoms with Crippen LogP contribution in [0.5, 0.6) is 0 Å². The second-order valence-corrected chi connectivity index (χ2v) is 8.32. The molecule has 0 spiro atoms. The third-order valence-electron chi connectivity index (χ3n) is 5.05. The Bertz CT molecular complexity index is 338. The molecule has 0 atom stereocenters. The van der Waals surface area contributed by atoms with Gasteiger partial charge >= 0.3 is 0 Å². The van der Waals surface area contributed by atoms with E-state index in [4.69, 9.17) is 0 Å². The number of hydrogen-bond acceptors (Lipinski definition) is 1. The minimum atomic E-state index is 0.311. The van der Waals surface area contributed by atoms with Crippen molar-refractivity contribution in [3.05, 3.63) is 12.2 Å². The van der Waals surface area contributed by atoms with Crippen molar-refractivity contribution in [3.8, 4) is 0 Å². The first kappa shape index (κ1) is 25.2. The molecule has 0 aliphatic rings. The van der Waals surface area contributed by atoms with E-state index < -0.39 is 0 Å². The van der Waals surface area contributed by atoms with Gasteiger partial charge in [0.25, 0.3) is 0 Å². The zero-order chi connectivity index (χ0) is 19.6. The fourth-order valence-corrected chi connectivity index (χ4v) is 3.65. The molecule has 26 heavy (non-hydrogen) atoms. The third-order valence-corrected chi connectivity index (χ3v) is 5.05. The Morgan fingerprint density at radius 3 is 1.58 bits per heavy atom. The number of allylic oxidation sites excluding steroid dienone is 2. The molecule has 2 nitrogen and oxygen atoms in total. The molecule has 0 aliphatic carbocycles. The minimum Gasteiger partial charge on any atom is -0.338 e. The topological polar surface area (TPSA) is 20.3 Å². The van der Waals surface area contributed by atoms with Gasteiger partial charge in [-0.3, -0.25) is 4.79 Å². The predicted octanol–water partition coefficient (Wildman–Crippen LogP) is 7.67. The first-order valence-corrected chi connectivity index (χ1v) is 11.5. The van der Waals surface area contributed by atoms with Crippen molar-refractivity contribution in [1.82, 2.24) is 4.90 Å². The van der Waals surface area contributed by atoms with Gasteiger partial charge in [-0.1, -0.05) is 70.4 Å². The van der Waals surface area contributed by atoms with Crippen LogP contribution in [0.3, 0.4) is 0 Å². The van der Waals surface area contributed by atoms with Gasteiger partial charge in [0.2, 0.25) is 5.91 Å². The van der Waals surface area contributed by atoms with Gasteiger partial charge in [-0.2, -0.15) is 0 Å². The lowest BCUT2D eigenvalue weighted by Crippen LogP contribution is -2.41. The van der Waals surface area contributed by atoms with Gasteiger partial charge in [-0.25, -0.2) is 0 Å². The number of carbonyl (C=O) groups excluding carboxylic acids is 1. The molecule has 0 aromatic carbocycles. The molecule has 0 bridgehead atoms. The van der Waals surface area contributed by atoms with E-state index in [1.807, 2.05) is 4.90 Å². The summed E-state index contributed by atoms with van der Waals surface area (Å²) in [5.41, 5.74) is 0. The standard InChI is InChI=1S/C24H47NO/c1-6-7-8-9-10-11-12-13-14-15-16-17-18-19-20-21-24(26)25(22(2)3)23(4)5/h13-14,22-23H,6-12,15-21H2,1-5H3. The van der Waals surface area contributed by atoms with Crippen molar-refractivity contribution in [1.29, 1.82) is 0 Å². The molecule has 0 saturated carbocycles. The van der Waals surface area contributed by atoms with Crippen LogP contribution in [0.2, 0.25) is 0 Å². The summed E-state index contributed by atoms with van der Waals surface area (Å²) in [7, 11) is 0. The Balaban J connectivity index is 3.45. The van der Waals surface area contributed by atoms with Crippen molar-refractivity contribution in [2.45, 2.75) is 137 Å². The van der Waals surface area contributed by atoms with Crippen LogP contribution >= 0.6 is 0 Å². The van der Waals surface area contributed by atoms with Crippen LogP contribution in [0, 0.1) is 0 Å². The molecule has 0 radical (unpaired) electrons. The summed E-state index contributed by atoms with van der Waals surface area (Å²) in [6.07, 6.45) is 22.4. The minimum absolute atomic E-state index is 0.311. The highest BCUT2D eigenvalue weighted by Crippen LogP contribution is 2.13. The van der Waals surface area contributed by atoms with Crippen LogP contribution in [0.15, 0.2) is 12.2 Å². The molecule has 0 N–H and O–H groups in total. The molecule has 0 aromatic heterocycles.